The van der Waals surface area contributed by atoms with Gasteiger partial charge in [-0.25, -0.2) is 4.79 Å². The molecule has 1 saturated heterocycles. The highest BCUT2D eigenvalue weighted by molar-refractivity contribution is 5.89. The van der Waals surface area contributed by atoms with Gasteiger partial charge in [0.2, 0.25) is 0 Å². The summed E-state index contributed by atoms with van der Waals surface area (Å²) in [7, 11) is 1.60. The summed E-state index contributed by atoms with van der Waals surface area (Å²) in [5, 5.41) is 2.83. The minimum atomic E-state index is -0.105. The number of amides is 2. The fourth-order valence-electron chi connectivity index (χ4n) is 1.88. The van der Waals surface area contributed by atoms with Crippen LogP contribution in [0.2, 0.25) is 0 Å². The molecule has 1 aromatic rings. The molecule has 92 valence electrons. The van der Waals surface area contributed by atoms with Gasteiger partial charge >= 0.3 is 6.03 Å². The van der Waals surface area contributed by atoms with Crippen LogP contribution >= 0.6 is 0 Å². The third-order valence-corrected chi connectivity index (χ3v) is 2.83. The zero-order valence-corrected chi connectivity index (χ0v) is 9.85. The van der Waals surface area contributed by atoms with Crippen LogP contribution in [0.4, 0.5) is 10.5 Å². The van der Waals surface area contributed by atoms with Crippen molar-refractivity contribution in [1.82, 2.24) is 4.90 Å². The SMILES string of the molecule is COc1cccc(NC(=O)N2CCC(N)C2)c1. The molecule has 3 N–H and O–H groups in total. The molecule has 0 spiro atoms. The fourth-order valence-corrected chi connectivity index (χ4v) is 1.88. The predicted molar refractivity (Wildman–Crippen MR) is 66.2 cm³/mol. The van der Waals surface area contributed by atoms with Crippen molar-refractivity contribution in [2.45, 2.75) is 12.5 Å². The number of nitrogens with one attached hydrogen (secondary N) is 1. The summed E-state index contributed by atoms with van der Waals surface area (Å²) in [5.74, 6) is 0.723. The normalized spacial score (nSPS) is 19.2. The average molecular weight is 235 g/mol. The molecule has 0 saturated carbocycles. The van der Waals surface area contributed by atoms with Crippen molar-refractivity contribution in [2.75, 3.05) is 25.5 Å². The van der Waals surface area contributed by atoms with Crippen LogP contribution in [-0.4, -0.2) is 37.2 Å². The molecule has 1 fully saturated rings. The van der Waals surface area contributed by atoms with Crippen LogP contribution in [0.1, 0.15) is 6.42 Å². The molecular formula is C12H17N3O2. The summed E-state index contributed by atoms with van der Waals surface area (Å²) >= 11 is 0. The van der Waals surface area contributed by atoms with E-state index in [4.69, 9.17) is 10.5 Å². The van der Waals surface area contributed by atoms with Gasteiger partial charge in [-0.1, -0.05) is 6.07 Å². The van der Waals surface area contributed by atoms with Crippen LogP contribution in [-0.2, 0) is 0 Å². The maximum atomic E-state index is 11.9. The fraction of sp³-hybridized carbons (Fsp3) is 0.417. The number of hydrogen-bond acceptors (Lipinski definition) is 3. The average Bonchev–Trinajstić information content (AvgIpc) is 2.76. The van der Waals surface area contributed by atoms with Gasteiger partial charge in [0.15, 0.2) is 0 Å². The van der Waals surface area contributed by atoms with Gasteiger partial charge in [0.25, 0.3) is 0 Å². The number of likely N-dealkylation sites (tertiary alicyclic amines) is 1. The number of carbonyl (C=O) groups excluding carboxylic acids is 1. The molecule has 2 amide bonds. The number of rotatable bonds is 2. The standard InChI is InChI=1S/C12H17N3O2/c1-17-11-4-2-3-10(7-11)14-12(16)15-6-5-9(13)8-15/h2-4,7,9H,5-6,8,13H2,1H3,(H,14,16). The van der Waals surface area contributed by atoms with Crippen LogP contribution in [0.3, 0.4) is 0 Å². The first kappa shape index (κ1) is 11.7. The van der Waals surface area contributed by atoms with Gasteiger partial charge in [0.1, 0.15) is 5.75 Å². The summed E-state index contributed by atoms with van der Waals surface area (Å²) in [6, 6.07) is 7.29. The molecule has 0 aliphatic carbocycles. The minimum Gasteiger partial charge on any atom is -0.497 e. The van der Waals surface area contributed by atoms with Crippen molar-refractivity contribution in [3.63, 3.8) is 0 Å². The molecule has 1 heterocycles. The van der Waals surface area contributed by atoms with Crippen molar-refractivity contribution in [3.05, 3.63) is 24.3 Å². The van der Waals surface area contributed by atoms with E-state index in [1.54, 1.807) is 18.1 Å². The van der Waals surface area contributed by atoms with Crippen LogP contribution in [0.15, 0.2) is 24.3 Å². The third-order valence-electron chi connectivity index (χ3n) is 2.83. The molecule has 1 aliphatic heterocycles. The molecule has 1 atom stereocenters. The van der Waals surface area contributed by atoms with Crippen molar-refractivity contribution < 1.29 is 9.53 Å². The number of anilines is 1. The molecule has 0 aromatic heterocycles. The first-order valence-electron chi connectivity index (χ1n) is 5.64. The summed E-state index contributed by atoms with van der Waals surface area (Å²) in [6.07, 6.45) is 0.867. The molecule has 1 aliphatic rings. The van der Waals surface area contributed by atoms with Gasteiger partial charge in [-0.15, -0.1) is 0 Å². The zero-order valence-electron chi connectivity index (χ0n) is 9.85. The molecule has 0 radical (unpaired) electrons. The molecular weight excluding hydrogens is 218 g/mol. The number of nitrogens with zero attached hydrogens (tertiary/aromatic N) is 1. The number of methoxy groups -OCH3 is 1. The van der Waals surface area contributed by atoms with Gasteiger partial charge in [-0.2, -0.15) is 0 Å². The molecule has 5 heteroatoms. The van der Waals surface area contributed by atoms with E-state index in [0.717, 1.165) is 24.4 Å². The van der Waals surface area contributed by atoms with Crippen LogP contribution < -0.4 is 15.8 Å². The quantitative estimate of drug-likeness (QED) is 0.811. The van der Waals surface area contributed by atoms with Gasteiger partial charge in [0, 0.05) is 30.9 Å². The Morgan fingerprint density at radius 1 is 1.59 bits per heavy atom. The number of nitrogens with two attached hydrogens (primary N) is 1. The maximum Gasteiger partial charge on any atom is 0.321 e. The zero-order chi connectivity index (χ0) is 12.3. The number of ether oxygens (including phenoxy) is 1. The number of benzene rings is 1. The first-order chi connectivity index (χ1) is 8.19. The summed E-state index contributed by atoms with van der Waals surface area (Å²) in [5.41, 5.74) is 6.49. The maximum absolute atomic E-state index is 11.9. The van der Waals surface area contributed by atoms with E-state index >= 15 is 0 Å². The Hall–Kier alpha value is -1.75. The molecule has 1 unspecified atom stereocenters. The monoisotopic (exact) mass is 235 g/mol. The van der Waals surface area contributed by atoms with Gasteiger partial charge < -0.3 is 20.7 Å². The second-order valence-electron chi connectivity index (χ2n) is 4.16. The van der Waals surface area contributed by atoms with Crippen LogP contribution in [0, 0.1) is 0 Å². The Balaban J connectivity index is 1.98. The van der Waals surface area contributed by atoms with Crippen LogP contribution in [0.25, 0.3) is 0 Å². The minimum absolute atomic E-state index is 0.103. The first-order valence-corrected chi connectivity index (χ1v) is 5.64. The second kappa shape index (κ2) is 5.05. The second-order valence-corrected chi connectivity index (χ2v) is 4.16. The lowest BCUT2D eigenvalue weighted by molar-refractivity contribution is 0.222. The Bertz CT molecular complexity index is 408. The molecule has 17 heavy (non-hydrogen) atoms. The van der Waals surface area contributed by atoms with E-state index in [0.29, 0.717) is 6.54 Å². The predicted octanol–water partition coefficient (Wildman–Crippen LogP) is 1.26. The largest absolute Gasteiger partial charge is 0.497 e. The molecule has 5 nitrogen and oxygen atoms in total. The van der Waals surface area contributed by atoms with E-state index in [-0.39, 0.29) is 12.1 Å². The van der Waals surface area contributed by atoms with Crippen molar-refractivity contribution >= 4 is 11.7 Å². The third kappa shape index (κ3) is 2.88. The lowest BCUT2D eigenvalue weighted by Crippen LogP contribution is -2.35. The smallest absolute Gasteiger partial charge is 0.321 e. The van der Waals surface area contributed by atoms with Gasteiger partial charge in [-0.3, -0.25) is 0 Å². The number of carbonyl (C=O) groups is 1. The van der Waals surface area contributed by atoms with Crippen molar-refractivity contribution in [1.29, 1.82) is 0 Å². The Morgan fingerprint density at radius 3 is 3.06 bits per heavy atom. The Kier molecular flexibility index (Phi) is 3.49. The number of urea groups is 1. The van der Waals surface area contributed by atoms with Crippen molar-refractivity contribution in [2.24, 2.45) is 5.73 Å². The highest BCUT2D eigenvalue weighted by Gasteiger charge is 2.23. The summed E-state index contributed by atoms with van der Waals surface area (Å²) in [4.78, 5) is 13.6. The van der Waals surface area contributed by atoms with Gasteiger partial charge in [0.05, 0.1) is 7.11 Å². The lowest BCUT2D eigenvalue weighted by Gasteiger charge is -2.16. The van der Waals surface area contributed by atoms with Gasteiger partial charge in [-0.05, 0) is 18.6 Å². The molecule has 1 aromatic carbocycles. The molecule has 0 bridgehead atoms. The van der Waals surface area contributed by atoms with E-state index in [2.05, 4.69) is 5.32 Å². The Labute approximate surface area is 101 Å². The Morgan fingerprint density at radius 2 is 2.41 bits per heavy atom. The summed E-state index contributed by atoms with van der Waals surface area (Å²) in [6.45, 7) is 1.34. The molecule has 2 rings (SSSR count). The lowest BCUT2D eigenvalue weighted by atomic mass is 10.3. The van der Waals surface area contributed by atoms with Crippen molar-refractivity contribution in [3.8, 4) is 5.75 Å². The highest BCUT2D eigenvalue weighted by atomic mass is 16.5. The highest BCUT2D eigenvalue weighted by Crippen LogP contribution is 2.17. The van der Waals surface area contributed by atoms with Crippen LogP contribution in [0.5, 0.6) is 5.75 Å². The summed E-state index contributed by atoms with van der Waals surface area (Å²) < 4.78 is 5.09. The van der Waals surface area contributed by atoms with E-state index in [1.807, 2.05) is 18.2 Å². The van der Waals surface area contributed by atoms with E-state index in [9.17, 15) is 4.79 Å². The van der Waals surface area contributed by atoms with E-state index < -0.39 is 0 Å². The topological polar surface area (TPSA) is 67.6 Å². The van der Waals surface area contributed by atoms with E-state index in [1.165, 1.54) is 0 Å². The number of hydrogen-bond donors (Lipinski definition) is 2.